The van der Waals surface area contributed by atoms with Gasteiger partial charge in [-0.1, -0.05) is 0 Å². The number of hydrogen-bond acceptors (Lipinski definition) is 4. The van der Waals surface area contributed by atoms with E-state index in [9.17, 15) is 13.6 Å². The summed E-state index contributed by atoms with van der Waals surface area (Å²) in [6, 6.07) is 2.31. The zero-order valence-electron chi connectivity index (χ0n) is 10.2. The average molecular weight is 286 g/mol. The number of amides is 1. The minimum atomic E-state index is -2.98. The van der Waals surface area contributed by atoms with Crippen LogP contribution in [0.2, 0.25) is 0 Å². The van der Waals surface area contributed by atoms with Gasteiger partial charge in [-0.05, 0) is 17.0 Å². The maximum atomic E-state index is 13.3. The first-order chi connectivity index (χ1) is 8.96. The third-order valence-electron chi connectivity index (χ3n) is 2.86. The lowest BCUT2D eigenvalue weighted by atomic mass is 10.2. The highest BCUT2D eigenvalue weighted by Gasteiger charge is 2.47. The van der Waals surface area contributed by atoms with Crippen molar-refractivity contribution in [2.45, 2.75) is 25.0 Å². The molecule has 0 N–H and O–H groups in total. The predicted molar refractivity (Wildman–Crippen MR) is 65.0 cm³/mol. The van der Waals surface area contributed by atoms with Crippen LogP contribution >= 0.6 is 11.3 Å². The van der Waals surface area contributed by atoms with Crippen molar-refractivity contribution in [1.29, 1.82) is 5.26 Å². The van der Waals surface area contributed by atoms with Crippen LogP contribution in [-0.4, -0.2) is 36.4 Å². The lowest BCUT2D eigenvalue weighted by molar-refractivity contribution is 0.0120. The fraction of sp³-hybridized carbons (Fsp3) is 0.500. The van der Waals surface area contributed by atoms with Gasteiger partial charge in [-0.15, -0.1) is 11.3 Å². The van der Waals surface area contributed by atoms with Crippen LogP contribution in [0.1, 0.15) is 21.7 Å². The predicted octanol–water partition coefficient (Wildman–Crippen LogP) is 2.27. The number of thiophene rings is 1. The molecule has 0 spiro atoms. The molecule has 1 aliphatic heterocycles. The molecule has 1 saturated heterocycles. The Balaban J connectivity index is 2.16. The summed E-state index contributed by atoms with van der Waals surface area (Å²) in [5.74, 6) is -3.50. The highest BCUT2D eigenvalue weighted by molar-refractivity contribution is 7.12. The minimum Gasteiger partial charge on any atom is -0.380 e. The zero-order valence-corrected chi connectivity index (χ0v) is 11.0. The summed E-state index contributed by atoms with van der Waals surface area (Å²) in [7, 11) is 1.53. The molecule has 1 aliphatic rings. The molecule has 1 unspecified atom stereocenters. The maximum absolute atomic E-state index is 13.3. The minimum absolute atomic E-state index is 0.352. The van der Waals surface area contributed by atoms with Gasteiger partial charge in [0.15, 0.2) is 0 Å². The maximum Gasteiger partial charge on any atom is 0.268 e. The van der Waals surface area contributed by atoms with E-state index in [1.54, 1.807) is 17.5 Å². The van der Waals surface area contributed by atoms with E-state index in [-0.39, 0.29) is 0 Å². The second-order valence-corrected chi connectivity index (χ2v) is 5.30. The van der Waals surface area contributed by atoms with Crippen LogP contribution in [0, 0.1) is 11.3 Å². The highest BCUT2D eigenvalue weighted by atomic mass is 32.1. The van der Waals surface area contributed by atoms with Crippen LogP contribution in [0.5, 0.6) is 0 Å². The Hall–Kier alpha value is -1.52. The zero-order chi connectivity index (χ0) is 14.0. The molecule has 2 heterocycles. The highest BCUT2D eigenvalue weighted by Crippen LogP contribution is 2.33. The number of ether oxygens (including phenoxy) is 1. The van der Waals surface area contributed by atoms with E-state index in [1.165, 1.54) is 18.4 Å². The molecule has 0 bridgehead atoms. The second kappa shape index (κ2) is 5.23. The first-order valence-corrected chi connectivity index (χ1v) is 6.49. The van der Waals surface area contributed by atoms with Crippen molar-refractivity contribution < 1.29 is 18.3 Å². The summed E-state index contributed by atoms with van der Waals surface area (Å²) >= 11 is 1.17. The second-order valence-electron chi connectivity index (χ2n) is 4.39. The molecular weight excluding hydrogens is 274 g/mol. The normalized spacial score (nSPS) is 21.4. The van der Waals surface area contributed by atoms with Crippen LogP contribution < -0.4 is 0 Å². The standard InChI is InChI=1S/C12H12F2N2O2S/c1-18-5-8-2-10(19-6-8)11(17)16-7-12(13,14)3-9(16)4-15/h2,6,9H,3,5,7H2,1H3. The van der Waals surface area contributed by atoms with Gasteiger partial charge in [0, 0.05) is 13.5 Å². The fourth-order valence-electron chi connectivity index (χ4n) is 2.02. The fourth-order valence-corrected chi connectivity index (χ4v) is 2.87. The van der Waals surface area contributed by atoms with Gasteiger partial charge in [0.05, 0.1) is 24.1 Å². The molecule has 0 saturated carbocycles. The van der Waals surface area contributed by atoms with Crippen molar-refractivity contribution in [3.05, 3.63) is 21.9 Å². The monoisotopic (exact) mass is 286 g/mol. The van der Waals surface area contributed by atoms with Gasteiger partial charge in [-0.25, -0.2) is 8.78 Å². The van der Waals surface area contributed by atoms with Crippen LogP contribution in [-0.2, 0) is 11.3 Å². The molecule has 1 atom stereocenters. The van der Waals surface area contributed by atoms with Gasteiger partial charge in [-0.3, -0.25) is 4.79 Å². The van der Waals surface area contributed by atoms with Gasteiger partial charge >= 0.3 is 0 Å². The smallest absolute Gasteiger partial charge is 0.268 e. The van der Waals surface area contributed by atoms with Gasteiger partial charge in [0.25, 0.3) is 11.8 Å². The van der Waals surface area contributed by atoms with E-state index >= 15 is 0 Å². The van der Waals surface area contributed by atoms with Crippen molar-refractivity contribution in [1.82, 2.24) is 4.90 Å². The topological polar surface area (TPSA) is 53.3 Å². The van der Waals surface area contributed by atoms with Crippen LogP contribution in [0.15, 0.2) is 11.4 Å². The Bertz CT molecular complexity index is 524. The Morgan fingerprint density at radius 3 is 3.11 bits per heavy atom. The molecule has 102 valence electrons. The largest absolute Gasteiger partial charge is 0.380 e. The number of nitriles is 1. The molecule has 2 rings (SSSR count). The first-order valence-electron chi connectivity index (χ1n) is 5.61. The number of halogens is 2. The van der Waals surface area contributed by atoms with Gasteiger partial charge in [-0.2, -0.15) is 5.26 Å². The van der Waals surface area contributed by atoms with E-state index in [0.717, 1.165) is 10.5 Å². The molecule has 0 aromatic carbocycles. The summed E-state index contributed by atoms with van der Waals surface area (Å²) in [5.41, 5.74) is 0.815. The van der Waals surface area contributed by atoms with Crippen molar-refractivity contribution in [3.8, 4) is 6.07 Å². The van der Waals surface area contributed by atoms with Gasteiger partial charge in [0.1, 0.15) is 6.04 Å². The van der Waals surface area contributed by atoms with Crippen molar-refractivity contribution >= 4 is 17.2 Å². The number of nitrogens with zero attached hydrogens (tertiary/aromatic N) is 2. The van der Waals surface area contributed by atoms with E-state index < -0.39 is 30.8 Å². The summed E-state index contributed by atoms with van der Waals surface area (Å²) in [6.07, 6.45) is -0.592. The quantitative estimate of drug-likeness (QED) is 0.856. The molecule has 0 aliphatic carbocycles. The summed E-state index contributed by atoms with van der Waals surface area (Å²) < 4.78 is 31.5. The Labute approximate surface area is 113 Å². The van der Waals surface area contributed by atoms with Crippen molar-refractivity contribution in [2.24, 2.45) is 0 Å². The molecule has 7 heteroatoms. The lowest BCUT2D eigenvalue weighted by Gasteiger charge is -2.17. The lowest BCUT2D eigenvalue weighted by Crippen LogP contribution is -2.35. The van der Waals surface area contributed by atoms with Crippen LogP contribution in [0.25, 0.3) is 0 Å². The summed E-state index contributed by atoms with van der Waals surface area (Å²) in [4.78, 5) is 13.4. The number of methoxy groups -OCH3 is 1. The summed E-state index contributed by atoms with van der Waals surface area (Å²) in [6.45, 7) is -0.330. The molecule has 1 aromatic rings. The summed E-state index contributed by atoms with van der Waals surface area (Å²) in [5, 5.41) is 10.6. The number of likely N-dealkylation sites (tertiary alicyclic amines) is 1. The molecule has 1 amide bonds. The molecule has 1 aromatic heterocycles. The number of rotatable bonds is 3. The van der Waals surface area contributed by atoms with Crippen LogP contribution in [0.4, 0.5) is 8.78 Å². The van der Waals surface area contributed by atoms with E-state index in [0.29, 0.717) is 11.5 Å². The number of hydrogen-bond donors (Lipinski definition) is 0. The van der Waals surface area contributed by atoms with E-state index in [4.69, 9.17) is 10.00 Å². The number of carbonyl (C=O) groups excluding carboxylic acids is 1. The van der Waals surface area contributed by atoms with Gasteiger partial charge < -0.3 is 9.64 Å². The number of alkyl halides is 2. The third-order valence-corrected chi connectivity index (χ3v) is 3.82. The molecule has 4 nitrogen and oxygen atoms in total. The molecule has 0 radical (unpaired) electrons. The Morgan fingerprint density at radius 2 is 2.47 bits per heavy atom. The van der Waals surface area contributed by atoms with Crippen molar-refractivity contribution in [2.75, 3.05) is 13.7 Å². The molecular formula is C12H12F2N2O2S. The SMILES string of the molecule is COCc1csc(C(=O)N2CC(F)(F)CC2C#N)c1. The Morgan fingerprint density at radius 1 is 1.74 bits per heavy atom. The van der Waals surface area contributed by atoms with E-state index in [2.05, 4.69) is 0 Å². The molecule has 19 heavy (non-hydrogen) atoms. The third kappa shape index (κ3) is 2.91. The average Bonchev–Trinajstić information content (AvgIpc) is 2.93. The number of carbonyl (C=O) groups is 1. The van der Waals surface area contributed by atoms with Crippen molar-refractivity contribution in [3.63, 3.8) is 0 Å². The Kier molecular flexibility index (Phi) is 3.83. The first kappa shape index (κ1) is 13.9. The molecule has 1 fully saturated rings. The van der Waals surface area contributed by atoms with E-state index in [1.807, 2.05) is 0 Å². The van der Waals surface area contributed by atoms with Crippen LogP contribution in [0.3, 0.4) is 0 Å². The van der Waals surface area contributed by atoms with Gasteiger partial charge in [0.2, 0.25) is 0 Å².